The standard InChI is InChI=1S/C22H29N3O5/c1-28-19-9-15-16(11-24-17(15)10-20(19)30-12-21(23)26)13-4-2-5-14(8-13)25-22(27)18-6-3-7-29-18/h9-11,13-14,18,24H,2-8,12H2,1H3,(H2,23,26)(H,25,27)/t13-,14+,18-/m0/s1. The predicted octanol–water partition coefficient (Wildman–Crippen LogP) is 2.36. The summed E-state index contributed by atoms with van der Waals surface area (Å²) in [5.74, 6) is 0.855. The molecule has 0 radical (unpaired) electrons. The lowest BCUT2D eigenvalue weighted by Gasteiger charge is -2.30. The number of benzene rings is 1. The molecule has 0 unspecified atom stereocenters. The van der Waals surface area contributed by atoms with Gasteiger partial charge in [-0.15, -0.1) is 0 Å². The van der Waals surface area contributed by atoms with Crippen LogP contribution in [0.3, 0.4) is 0 Å². The number of methoxy groups -OCH3 is 1. The van der Waals surface area contributed by atoms with Crippen LogP contribution in [-0.4, -0.2) is 49.3 Å². The molecular formula is C22H29N3O5. The molecule has 1 aliphatic carbocycles. The topological polar surface area (TPSA) is 116 Å². The molecular weight excluding hydrogens is 386 g/mol. The molecule has 8 nitrogen and oxygen atoms in total. The van der Waals surface area contributed by atoms with Crippen LogP contribution in [0.5, 0.6) is 11.5 Å². The number of carbonyl (C=O) groups is 2. The molecule has 0 bridgehead atoms. The predicted molar refractivity (Wildman–Crippen MR) is 112 cm³/mol. The second-order valence-corrected chi connectivity index (χ2v) is 8.12. The Balaban J connectivity index is 1.50. The number of hydrogen-bond donors (Lipinski definition) is 3. The minimum atomic E-state index is -0.539. The van der Waals surface area contributed by atoms with E-state index in [0.717, 1.165) is 49.4 Å². The minimum absolute atomic E-state index is 0.0231. The van der Waals surface area contributed by atoms with Gasteiger partial charge in [0.15, 0.2) is 18.1 Å². The van der Waals surface area contributed by atoms with Crippen LogP contribution in [0.15, 0.2) is 18.3 Å². The van der Waals surface area contributed by atoms with Gasteiger partial charge < -0.3 is 30.2 Å². The highest BCUT2D eigenvalue weighted by Gasteiger charge is 2.30. The van der Waals surface area contributed by atoms with E-state index in [1.165, 1.54) is 5.56 Å². The number of ether oxygens (including phenoxy) is 3. The molecule has 8 heteroatoms. The Morgan fingerprint density at radius 2 is 2.10 bits per heavy atom. The third-order valence-electron chi connectivity index (χ3n) is 6.05. The maximum absolute atomic E-state index is 12.4. The lowest BCUT2D eigenvalue weighted by atomic mass is 9.81. The van der Waals surface area contributed by atoms with E-state index in [0.29, 0.717) is 24.0 Å². The van der Waals surface area contributed by atoms with E-state index in [2.05, 4.69) is 10.3 Å². The highest BCUT2D eigenvalue weighted by Crippen LogP contribution is 2.40. The van der Waals surface area contributed by atoms with Crippen molar-refractivity contribution in [3.63, 3.8) is 0 Å². The van der Waals surface area contributed by atoms with Crippen LogP contribution >= 0.6 is 0 Å². The molecule has 1 saturated heterocycles. The first-order valence-corrected chi connectivity index (χ1v) is 10.6. The first-order valence-electron chi connectivity index (χ1n) is 10.6. The van der Waals surface area contributed by atoms with Crippen molar-refractivity contribution in [1.82, 2.24) is 10.3 Å². The van der Waals surface area contributed by atoms with Gasteiger partial charge in [-0.2, -0.15) is 0 Å². The van der Waals surface area contributed by atoms with Crippen molar-refractivity contribution in [2.75, 3.05) is 20.3 Å². The summed E-state index contributed by atoms with van der Waals surface area (Å²) >= 11 is 0. The fourth-order valence-electron chi connectivity index (χ4n) is 4.59. The lowest BCUT2D eigenvalue weighted by molar-refractivity contribution is -0.131. The second-order valence-electron chi connectivity index (χ2n) is 8.12. The summed E-state index contributed by atoms with van der Waals surface area (Å²) in [5.41, 5.74) is 7.30. The number of primary amides is 1. The average Bonchev–Trinajstić information content (AvgIpc) is 3.41. The highest BCUT2D eigenvalue weighted by molar-refractivity contribution is 5.87. The van der Waals surface area contributed by atoms with Gasteiger partial charge in [0.1, 0.15) is 6.10 Å². The zero-order valence-electron chi connectivity index (χ0n) is 17.2. The van der Waals surface area contributed by atoms with Crippen molar-refractivity contribution in [2.24, 2.45) is 5.73 Å². The largest absolute Gasteiger partial charge is 0.493 e. The Morgan fingerprint density at radius 3 is 2.83 bits per heavy atom. The van der Waals surface area contributed by atoms with Crippen LogP contribution in [-0.2, 0) is 14.3 Å². The molecule has 0 spiro atoms. The number of nitrogens with two attached hydrogens (primary N) is 1. The first-order chi connectivity index (χ1) is 14.5. The third-order valence-corrected chi connectivity index (χ3v) is 6.05. The van der Waals surface area contributed by atoms with Gasteiger partial charge in [-0.25, -0.2) is 0 Å². The van der Waals surface area contributed by atoms with Crippen LogP contribution in [0.25, 0.3) is 10.9 Å². The molecule has 2 aliphatic rings. The Hall–Kier alpha value is -2.74. The van der Waals surface area contributed by atoms with Crippen LogP contribution in [0, 0.1) is 0 Å². The summed E-state index contributed by atoms with van der Waals surface area (Å²) in [7, 11) is 1.57. The second kappa shape index (κ2) is 8.95. The monoisotopic (exact) mass is 415 g/mol. The van der Waals surface area contributed by atoms with Gasteiger partial charge in [0.25, 0.3) is 5.91 Å². The molecule has 4 rings (SSSR count). The summed E-state index contributed by atoms with van der Waals surface area (Å²) in [4.78, 5) is 26.8. The Labute approximate surface area is 175 Å². The number of rotatable bonds is 7. The molecule has 2 aromatic rings. The first kappa shape index (κ1) is 20.5. The molecule has 2 fully saturated rings. The maximum Gasteiger partial charge on any atom is 0.255 e. The van der Waals surface area contributed by atoms with E-state index in [4.69, 9.17) is 19.9 Å². The molecule has 1 aromatic carbocycles. The van der Waals surface area contributed by atoms with Crippen LogP contribution in [0.4, 0.5) is 0 Å². The third kappa shape index (κ3) is 4.38. The van der Waals surface area contributed by atoms with Crippen LogP contribution in [0.2, 0.25) is 0 Å². The van der Waals surface area contributed by atoms with Crippen LogP contribution in [0.1, 0.15) is 50.0 Å². The van der Waals surface area contributed by atoms with E-state index in [-0.39, 0.29) is 24.7 Å². The molecule has 1 aliphatic heterocycles. The zero-order valence-corrected chi connectivity index (χ0v) is 17.2. The number of hydrogen-bond acceptors (Lipinski definition) is 5. The SMILES string of the molecule is COc1cc2c([C@H]3CCC[C@@H](NC(=O)[C@@H]4CCCO4)C3)c[nH]c2cc1OCC(N)=O. The van der Waals surface area contributed by atoms with Gasteiger partial charge in [0.2, 0.25) is 5.91 Å². The van der Waals surface area contributed by atoms with Crippen LogP contribution < -0.4 is 20.5 Å². The zero-order chi connectivity index (χ0) is 21.1. The molecule has 2 amide bonds. The van der Waals surface area contributed by atoms with Gasteiger partial charge in [0.05, 0.1) is 7.11 Å². The number of fused-ring (bicyclic) bond motifs is 1. The smallest absolute Gasteiger partial charge is 0.255 e. The van der Waals surface area contributed by atoms with Crippen molar-refractivity contribution < 1.29 is 23.8 Å². The van der Waals surface area contributed by atoms with E-state index < -0.39 is 5.91 Å². The summed E-state index contributed by atoms with van der Waals surface area (Å²) in [6, 6.07) is 3.93. The number of carbonyl (C=O) groups excluding carboxylic acids is 2. The van der Waals surface area contributed by atoms with Gasteiger partial charge in [-0.3, -0.25) is 9.59 Å². The van der Waals surface area contributed by atoms with Gasteiger partial charge in [0, 0.05) is 35.8 Å². The molecule has 30 heavy (non-hydrogen) atoms. The number of aromatic amines is 1. The number of aromatic nitrogens is 1. The summed E-state index contributed by atoms with van der Waals surface area (Å²) < 4.78 is 16.5. The van der Waals surface area contributed by atoms with Crippen molar-refractivity contribution in [3.05, 3.63) is 23.9 Å². The number of amides is 2. The maximum atomic E-state index is 12.4. The quantitative estimate of drug-likeness (QED) is 0.642. The van der Waals surface area contributed by atoms with Crippen molar-refractivity contribution in [2.45, 2.75) is 56.6 Å². The van der Waals surface area contributed by atoms with Crippen molar-refractivity contribution >= 4 is 22.7 Å². The van der Waals surface area contributed by atoms with Crippen molar-refractivity contribution in [3.8, 4) is 11.5 Å². The fourth-order valence-corrected chi connectivity index (χ4v) is 4.59. The molecule has 1 saturated carbocycles. The minimum Gasteiger partial charge on any atom is -0.493 e. The Kier molecular flexibility index (Phi) is 6.13. The van der Waals surface area contributed by atoms with E-state index >= 15 is 0 Å². The molecule has 162 valence electrons. The fraction of sp³-hybridized carbons (Fsp3) is 0.545. The summed E-state index contributed by atoms with van der Waals surface area (Å²) in [5, 5.41) is 4.26. The van der Waals surface area contributed by atoms with Gasteiger partial charge >= 0.3 is 0 Å². The molecule has 4 N–H and O–H groups in total. The number of H-pyrrole nitrogens is 1. The molecule has 2 heterocycles. The normalized spacial score (nSPS) is 24.0. The van der Waals surface area contributed by atoms with Gasteiger partial charge in [-0.1, -0.05) is 6.42 Å². The van der Waals surface area contributed by atoms with Crippen molar-refractivity contribution in [1.29, 1.82) is 0 Å². The average molecular weight is 415 g/mol. The molecule has 3 atom stereocenters. The Bertz CT molecular complexity index is 919. The Morgan fingerprint density at radius 1 is 1.23 bits per heavy atom. The molecule has 1 aromatic heterocycles. The summed E-state index contributed by atoms with van der Waals surface area (Å²) in [6.45, 7) is 0.470. The van der Waals surface area contributed by atoms with Gasteiger partial charge in [-0.05, 0) is 49.7 Å². The number of nitrogens with one attached hydrogen (secondary N) is 2. The van der Waals surface area contributed by atoms with E-state index in [9.17, 15) is 9.59 Å². The lowest BCUT2D eigenvalue weighted by Crippen LogP contribution is -2.43. The van der Waals surface area contributed by atoms with E-state index in [1.807, 2.05) is 18.3 Å². The summed E-state index contributed by atoms with van der Waals surface area (Å²) in [6.07, 6.45) is 7.52. The van der Waals surface area contributed by atoms with E-state index in [1.54, 1.807) is 7.11 Å². The highest BCUT2D eigenvalue weighted by atomic mass is 16.5.